The maximum absolute atomic E-state index is 12.7. The number of carbonyl (C=O) groups is 1. The quantitative estimate of drug-likeness (QED) is 0.905. The zero-order chi connectivity index (χ0) is 16.6. The minimum Gasteiger partial charge on any atom is -0.494 e. The Morgan fingerprint density at radius 3 is 2.65 bits per heavy atom. The van der Waals surface area contributed by atoms with Crippen molar-refractivity contribution in [1.82, 2.24) is 4.57 Å². The maximum atomic E-state index is 12.7. The summed E-state index contributed by atoms with van der Waals surface area (Å²) in [7, 11) is 0. The van der Waals surface area contributed by atoms with Gasteiger partial charge in [0.15, 0.2) is 5.88 Å². The predicted molar refractivity (Wildman–Crippen MR) is 89.6 cm³/mol. The number of aromatic hydroxyl groups is 1. The lowest BCUT2D eigenvalue weighted by atomic mass is 10.0. The number of carboxylic acid groups (broad SMARTS) is 1. The molecule has 23 heavy (non-hydrogen) atoms. The number of hydrogen-bond acceptors (Lipinski definition) is 4. The first-order chi connectivity index (χ1) is 11.0. The van der Waals surface area contributed by atoms with E-state index in [1.54, 1.807) is 6.92 Å². The second-order valence-electron chi connectivity index (χ2n) is 5.32. The van der Waals surface area contributed by atoms with Crippen molar-refractivity contribution < 1.29 is 15.0 Å². The van der Waals surface area contributed by atoms with E-state index >= 15 is 0 Å². The first-order valence-electron chi connectivity index (χ1n) is 7.06. The van der Waals surface area contributed by atoms with Crippen LogP contribution in [-0.2, 0) is 17.1 Å². The first kappa shape index (κ1) is 15.4. The van der Waals surface area contributed by atoms with E-state index in [0.29, 0.717) is 22.4 Å². The molecule has 0 saturated heterocycles. The number of pyridine rings is 1. The smallest absolute Gasteiger partial charge is 0.342 e. The summed E-state index contributed by atoms with van der Waals surface area (Å²) in [5.74, 6) is -0.736. The van der Waals surface area contributed by atoms with Crippen molar-refractivity contribution >= 4 is 23.8 Å². The fraction of sp³-hybridized carbons (Fsp3) is 0.176. The van der Waals surface area contributed by atoms with Gasteiger partial charge >= 0.3 is 5.97 Å². The van der Waals surface area contributed by atoms with E-state index in [2.05, 4.69) is 0 Å². The van der Waals surface area contributed by atoms with Gasteiger partial charge in [-0.15, -0.1) is 11.8 Å². The molecule has 0 saturated carbocycles. The van der Waals surface area contributed by atoms with Gasteiger partial charge in [-0.25, -0.2) is 4.79 Å². The SMILES string of the molecule is Cc1c2c(c(=O)n(Cc3ccccc3)c1O)C=C(C(=O)O)SC2. The van der Waals surface area contributed by atoms with Gasteiger partial charge in [0.05, 0.1) is 11.4 Å². The third-order valence-electron chi connectivity index (χ3n) is 3.89. The average molecular weight is 329 g/mol. The van der Waals surface area contributed by atoms with E-state index in [1.807, 2.05) is 30.3 Å². The molecule has 2 aromatic rings. The van der Waals surface area contributed by atoms with Gasteiger partial charge in [-0.3, -0.25) is 9.36 Å². The Balaban J connectivity index is 2.16. The second-order valence-corrected chi connectivity index (χ2v) is 6.34. The second kappa shape index (κ2) is 5.96. The molecule has 0 atom stereocenters. The fourth-order valence-electron chi connectivity index (χ4n) is 2.60. The number of thioether (sulfide) groups is 1. The molecule has 0 spiro atoms. The zero-order valence-electron chi connectivity index (χ0n) is 12.4. The molecule has 2 N–H and O–H groups in total. The van der Waals surface area contributed by atoms with Crippen LogP contribution in [0, 0.1) is 6.92 Å². The van der Waals surface area contributed by atoms with Crippen molar-refractivity contribution in [3.63, 3.8) is 0 Å². The van der Waals surface area contributed by atoms with Crippen LogP contribution in [0.15, 0.2) is 40.0 Å². The van der Waals surface area contributed by atoms with E-state index in [0.717, 1.165) is 17.3 Å². The lowest BCUT2D eigenvalue weighted by Gasteiger charge is -2.20. The highest BCUT2D eigenvalue weighted by molar-refractivity contribution is 8.03. The number of nitrogens with zero attached hydrogens (tertiary/aromatic N) is 1. The molecular formula is C17H15NO4S. The summed E-state index contributed by atoms with van der Waals surface area (Å²) < 4.78 is 1.29. The Morgan fingerprint density at radius 1 is 1.30 bits per heavy atom. The number of carboxylic acids is 1. The Labute approximate surface area is 136 Å². The van der Waals surface area contributed by atoms with Crippen LogP contribution in [-0.4, -0.2) is 20.7 Å². The van der Waals surface area contributed by atoms with E-state index in [4.69, 9.17) is 5.11 Å². The Morgan fingerprint density at radius 2 is 2.00 bits per heavy atom. The third-order valence-corrected chi connectivity index (χ3v) is 4.92. The lowest BCUT2D eigenvalue weighted by Crippen LogP contribution is -2.26. The van der Waals surface area contributed by atoms with Crippen LogP contribution < -0.4 is 5.56 Å². The van der Waals surface area contributed by atoms with Crippen molar-refractivity contribution in [2.75, 3.05) is 0 Å². The largest absolute Gasteiger partial charge is 0.494 e. The summed E-state index contributed by atoms with van der Waals surface area (Å²) in [6.07, 6.45) is 1.40. The van der Waals surface area contributed by atoms with Gasteiger partial charge in [0.1, 0.15) is 0 Å². The first-order valence-corrected chi connectivity index (χ1v) is 8.04. The molecule has 0 amide bonds. The predicted octanol–water partition coefficient (Wildman–Crippen LogP) is 2.58. The van der Waals surface area contributed by atoms with Crippen LogP contribution in [0.5, 0.6) is 5.88 Å². The van der Waals surface area contributed by atoms with Crippen molar-refractivity contribution in [2.45, 2.75) is 19.2 Å². The molecule has 2 heterocycles. The van der Waals surface area contributed by atoms with Gasteiger partial charge in [0.25, 0.3) is 5.56 Å². The molecule has 0 unspecified atom stereocenters. The van der Waals surface area contributed by atoms with Crippen molar-refractivity contribution in [3.05, 3.63) is 67.8 Å². The van der Waals surface area contributed by atoms with Crippen LogP contribution in [0.4, 0.5) is 0 Å². The zero-order valence-corrected chi connectivity index (χ0v) is 13.3. The van der Waals surface area contributed by atoms with Crippen LogP contribution in [0.25, 0.3) is 6.08 Å². The van der Waals surface area contributed by atoms with Crippen molar-refractivity contribution in [1.29, 1.82) is 0 Å². The highest BCUT2D eigenvalue weighted by Gasteiger charge is 2.24. The highest BCUT2D eigenvalue weighted by atomic mass is 32.2. The molecule has 0 radical (unpaired) electrons. The molecular weight excluding hydrogens is 314 g/mol. The number of benzene rings is 1. The molecule has 1 aliphatic rings. The standard InChI is InChI=1S/C17H15NO4S/c1-10-13-9-23-14(17(21)22)7-12(13)16(20)18(15(10)19)8-11-5-3-2-4-6-11/h2-7,19H,8-9H2,1H3,(H,21,22). The van der Waals surface area contributed by atoms with Gasteiger partial charge in [-0.05, 0) is 24.1 Å². The van der Waals surface area contributed by atoms with Crippen LogP contribution in [0.2, 0.25) is 0 Å². The summed E-state index contributed by atoms with van der Waals surface area (Å²) in [6.45, 7) is 1.98. The molecule has 1 aliphatic heterocycles. The molecule has 5 nitrogen and oxygen atoms in total. The van der Waals surface area contributed by atoms with Crippen molar-refractivity contribution in [2.24, 2.45) is 0 Å². The molecule has 6 heteroatoms. The monoisotopic (exact) mass is 329 g/mol. The topological polar surface area (TPSA) is 79.5 Å². The van der Waals surface area contributed by atoms with E-state index in [-0.39, 0.29) is 22.9 Å². The molecule has 3 rings (SSSR count). The lowest BCUT2D eigenvalue weighted by molar-refractivity contribution is -0.131. The van der Waals surface area contributed by atoms with Gasteiger partial charge in [0, 0.05) is 16.9 Å². The maximum Gasteiger partial charge on any atom is 0.342 e. The summed E-state index contributed by atoms with van der Waals surface area (Å²) in [6, 6.07) is 9.34. The third kappa shape index (κ3) is 2.77. The van der Waals surface area contributed by atoms with Gasteiger partial charge in [0.2, 0.25) is 0 Å². The van der Waals surface area contributed by atoms with Crippen molar-refractivity contribution in [3.8, 4) is 5.88 Å². The Kier molecular flexibility index (Phi) is 4.00. The summed E-state index contributed by atoms with van der Waals surface area (Å²) in [5, 5.41) is 19.5. The molecule has 0 bridgehead atoms. The Hall–Kier alpha value is -2.47. The van der Waals surface area contributed by atoms with Crippen LogP contribution >= 0.6 is 11.8 Å². The molecule has 118 valence electrons. The minimum absolute atomic E-state index is 0.0645. The molecule has 0 aliphatic carbocycles. The Bertz CT molecular complexity index is 868. The average Bonchev–Trinajstić information content (AvgIpc) is 2.57. The summed E-state index contributed by atoms with van der Waals surface area (Å²) >= 11 is 1.16. The van der Waals surface area contributed by atoms with E-state index in [1.165, 1.54) is 10.6 Å². The van der Waals surface area contributed by atoms with Gasteiger partial charge < -0.3 is 10.2 Å². The summed E-state index contributed by atoms with van der Waals surface area (Å²) in [5.41, 5.74) is 2.19. The minimum atomic E-state index is -1.04. The fourth-order valence-corrected chi connectivity index (χ4v) is 3.60. The molecule has 0 fully saturated rings. The number of rotatable bonds is 3. The molecule has 1 aromatic heterocycles. The van der Waals surface area contributed by atoms with E-state index < -0.39 is 5.97 Å². The van der Waals surface area contributed by atoms with Crippen LogP contribution in [0.1, 0.15) is 22.3 Å². The number of fused-ring (bicyclic) bond motifs is 1. The molecule has 1 aromatic carbocycles. The number of hydrogen-bond donors (Lipinski definition) is 2. The van der Waals surface area contributed by atoms with Gasteiger partial charge in [-0.2, -0.15) is 0 Å². The normalized spacial score (nSPS) is 13.3. The summed E-state index contributed by atoms with van der Waals surface area (Å²) in [4.78, 5) is 24.0. The number of aliphatic carboxylic acids is 1. The number of aromatic nitrogens is 1. The van der Waals surface area contributed by atoms with E-state index in [9.17, 15) is 14.7 Å². The van der Waals surface area contributed by atoms with Crippen LogP contribution in [0.3, 0.4) is 0 Å². The highest BCUT2D eigenvalue weighted by Crippen LogP contribution is 2.34. The van der Waals surface area contributed by atoms with Gasteiger partial charge in [-0.1, -0.05) is 30.3 Å².